The monoisotopic (exact) mass is 612 g/mol. The lowest BCUT2D eigenvalue weighted by molar-refractivity contribution is -0.122. The summed E-state index contributed by atoms with van der Waals surface area (Å²) in [5.41, 5.74) is 2.85. The summed E-state index contributed by atoms with van der Waals surface area (Å²) < 4.78 is 17.8. The van der Waals surface area contributed by atoms with E-state index >= 15 is 0 Å². The first kappa shape index (κ1) is 26.2. The van der Waals surface area contributed by atoms with Crippen LogP contribution in [0.5, 0.6) is 17.2 Å². The lowest BCUT2D eigenvalue weighted by Gasteiger charge is -2.26. The molecule has 1 N–H and O–H groups in total. The molecule has 0 aliphatic carbocycles. The van der Waals surface area contributed by atoms with Crippen LogP contribution in [-0.4, -0.2) is 31.6 Å². The number of carbonyl (C=O) groups is 3. The van der Waals surface area contributed by atoms with Crippen molar-refractivity contribution in [3.8, 4) is 17.2 Å². The van der Waals surface area contributed by atoms with E-state index in [2.05, 4.69) is 34.0 Å². The van der Waals surface area contributed by atoms with E-state index in [0.29, 0.717) is 41.7 Å². The number of hydrogen-bond donors (Lipinski definition) is 1. The van der Waals surface area contributed by atoms with E-state index in [9.17, 15) is 14.4 Å². The number of rotatable bonds is 8. The highest BCUT2D eigenvalue weighted by Gasteiger charge is 2.37. The van der Waals surface area contributed by atoms with Gasteiger partial charge >= 0.3 is 6.03 Å². The number of nitrogens with zero attached hydrogens (tertiary/aromatic N) is 1. The fraction of sp³-hybridized carbons (Fsp3) is 0.179. The number of hydrogen-bond acceptors (Lipinski definition) is 6. The number of nitrogens with one attached hydrogen (secondary N) is 1. The van der Waals surface area contributed by atoms with Gasteiger partial charge in [-0.3, -0.25) is 14.9 Å². The molecule has 4 rings (SSSR count). The second-order valence-corrected chi connectivity index (χ2v) is 9.36. The summed E-state index contributed by atoms with van der Waals surface area (Å²) in [4.78, 5) is 39.3. The number of anilines is 1. The van der Waals surface area contributed by atoms with E-state index in [1.807, 2.05) is 32.0 Å². The van der Waals surface area contributed by atoms with Gasteiger partial charge in [-0.2, -0.15) is 0 Å². The summed E-state index contributed by atoms with van der Waals surface area (Å²) in [6.45, 7) is 4.64. The molecule has 0 spiro atoms. The van der Waals surface area contributed by atoms with Crippen molar-refractivity contribution in [2.24, 2.45) is 0 Å². The van der Waals surface area contributed by atoms with E-state index in [-0.39, 0.29) is 5.57 Å². The first-order chi connectivity index (χ1) is 17.8. The Morgan fingerprint density at radius 3 is 2.43 bits per heavy atom. The quantitative estimate of drug-likeness (QED) is 0.212. The van der Waals surface area contributed by atoms with E-state index in [4.69, 9.17) is 14.2 Å². The largest absolute Gasteiger partial charge is 0.497 e. The number of imide groups is 2. The third-order valence-electron chi connectivity index (χ3n) is 5.54. The lowest BCUT2D eigenvalue weighted by atomic mass is 10.1. The van der Waals surface area contributed by atoms with Gasteiger partial charge in [0.05, 0.1) is 23.0 Å². The topological polar surface area (TPSA) is 94.2 Å². The van der Waals surface area contributed by atoms with Crippen molar-refractivity contribution in [3.05, 3.63) is 86.5 Å². The molecule has 1 fully saturated rings. The number of aryl methyl sites for hydroxylation is 1. The molecule has 8 nitrogen and oxygen atoms in total. The SMILES string of the molecule is CCOc1cc(/C=C2\C(=O)NC(=O)N(c3ccc(OC)cc3)C2=O)cc(I)c1OCc1cccc(C)c1. The Morgan fingerprint density at radius 2 is 1.76 bits per heavy atom. The highest BCUT2D eigenvalue weighted by Crippen LogP contribution is 2.36. The number of amides is 4. The van der Waals surface area contributed by atoms with Crippen molar-refractivity contribution in [3.63, 3.8) is 0 Å². The molecular formula is C28H25IN2O6. The van der Waals surface area contributed by atoms with Gasteiger partial charge in [-0.25, -0.2) is 9.69 Å². The number of ether oxygens (including phenoxy) is 3. The number of barbiturate groups is 1. The Bertz CT molecular complexity index is 1380. The zero-order valence-electron chi connectivity index (χ0n) is 20.5. The minimum absolute atomic E-state index is 0.179. The molecule has 1 saturated heterocycles. The second kappa shape index (κ2) is 11.5. The molecule has 1 heterocycles. The van der Waals surface area contributed by atoms with Crippen LogP contribution in [0.25, 0.3) is 6.08 Å². The summed E-state index contributed by atoms with van der Waals surface area (Å²) in [6.07, 6.45) is 1.44. The molecule has 0 radical (unpaired) electrons. The van der Waals surface area contributed by atoms with Gasteiger partial charge in [0.2, 0.25) is 0 Å². The van der Waals surface area contributed by atoms with E-state index < -0.39 is 17.8 Å². The number of carbonyl (C=O) groups excluding carboxylic acids is 3. The summed E-state index contributed by atoms with van der Waals surface area (Å²) in [5, 5.41) is 2.24. The normalized spacial score (nSPS) is 14.5. The average molecular weight is 612 g/mol. The zero-order valence-corrected chi connectivity index (χ0v) is 22.7. The zero-order chi connectivity index (χ0) is 26.5. The average Bonchev–Trinajstić information content (AvgIpc) is 2.86. The van der Waals surface area contributed by atoms with Crippen LogP contribution in [0.1, 0.15) is 23.6 Å². The molecular weight excluding hydrogens is 587 g/mol. The first-order valence-corrected chi connectivity index (χ1v) is 12.6. The lowest BCUT2D eigenvalue weighted by Crippen LogP contribution is -2.54. The molecule has 3 aromatic rings. The molecule has 1 aliphatic heterocycles. The van der Waals surface area contributed by atoms with Crippen molar-refractivity contribution in [1.82, 2.24) is 5.32 Å². The standard InChI is InChI=1S/C28H25IN2O6/c1-4-36-24-15-19(14-23(29)25(24)37-16-18-7-5-6-17(2)12-18)13-22-26(32)30-28(34)31(27(22)33)20-8-10-21(35-3)11-9-20/h5-15H,4,16H2,1-3H3,(H,30,32,34)/b22-13+. The number of methoxy groups -OCH3 is 1. The van der Waals surface area contributed by atoms with Crippen LogP contribution in [-0.2, 0) is 16.2 Å². The van der Waals surface area contributed by atoms with Gasteiger partial charge in [-0.05, 0) is 90.0 Å². The molecule has 1 aliphatic rings. The molecule has 0 unspecified atom stereocenters. The molecule has 3 aromatic carbocycles. The highest BCUT2D eigenvalue weighted by atomic mass is 127. The van der Waals surface area contributed by atoms with Crippen LogP contribution in [0.15, 0.2) is 66.2 Å². The van der Waals surface area contributed by atoms with Crippen LogP contribution < -0.4 is 24.4 Å². The highest BCUT2D eigenvalue weighted by molar-refractivity contribution is 14.1. The van der Waals surface area contributed by atoms with Crippen LogP contribution >= 0.6 is 22.6 Å². The van der Waals surface area contributed by atoms with Gasteiger partial charge in [-0.15, -0.1) is 0 Å². The molecule has 0 saturated carbocycles. The van der Waals surface area contributed by atoms with Crippen molar-refractivity contribution in [1.29, 1.82) is 0 Å². The van der Waals surface area contributed by atoms with E-state index in [1.165, 1.54) is 13.2 Å². The Kier molecular flexibility index (Phi) is 8.12. The Labute approximate surface area is 228 Å². The van der Waals surface area contributed by atoms with E-state index in [0.717, 1.165) is 19.6 Å². The van der Waals surface area contributed by atoms with Gasteiger partial charge < -0.3 is 14.2 Å². The number of benzene rings is 3. The molecule has 0 aromatic heterocycles. The maximum atomic E-state index is 13.2. The fourth-order valence-corrected chi connectivity index (χ4v) is 4.60. The fourth-order valence-electron chi connectivity index (χ4n) is 3.82. The number of urea groups is 1. The Balaban J connectivity index is 1.65. The third kappa shape index (κ3) is 5.93. The van der Waals surface area contributed by atoms with Crippen LogP contribution in [0.4, 0.5) is 10.5 Å². The molecule has 0 atom stereocenters. The van der Waals surface area contributed by atoms with Crippen LogP contribution in [0.3, 0.4) is 0 Å². The van der Waals surface area contributed by atoms with Crippen LogP contribution in [0.2, 0.25) is 0 Å². The minimum Gasteiger partial charge on any atom is -0.497 e. The Morgan fingerprint density at radius 1 is 1.00 bits per heavy atom. The summed E-state index contributed by atoms with van der Waals surface area (Å²) in [5.74, 6) is 0.128. The van der Waals surface area contributed by atoms with Crippen molar-refractivity contribution in [2.45, 2.75) is 20.5 Å². The van der Waals surface area contributed by atoms with Crippen molar-refractivity contribution >= 4 is 52.2 Å². The molecule has 9 heteroatoms. The maximum absolute atomic E-state index is 13.2. The maximum Gasteiger partial charge on any atom is 0.335 e. The third-order valence-corrected chi connectivity index (χ3v) is 6.34. The number of halogens is 1. The molecule has 37 heavy (non-hydrogen) atoms. The predicted octanol–water partition coefficient (Wildman–Crippen LogP) is 5.25. The van der Waals surface area contributed by atoms with Gasteiger partial charge in [0.25, 0.3) is 11.8 Å². The van der Waals surface area contributed by atoms with E-state index in [1.54, 1.807) is 36.4 Å². The van der Waals surface area contributed by atoms with Gasteiger partial charge in [0, 0.05) is 0 Å². The predicted molar refractivity (Wildman–Crippen MR) is 148 cm³/mol. The van der Waals surface area contributed by atoms with Crippen molar-refractivity contribution in [2.75, 3.05) is 18.6 Å². The summed E-state index contributed by atoms with van der Waals surface area (Å²) >= 11 is 2.13. The Hall–Kier alpha value is -3.86. The van der Waals surface area contributed by atoms with Gasteiger partial charge in [0.15, 0.2) is 11.5 Å². The van der Waals surface area contributed by atoms with Crippen molar-refractivity contribution < 1.29 is 28.6 Å². The van der Waals surface area contributed by atoms with Gasteiger partial charge in [0.1, 0.15) is 17.9 Å². The molecule has 4 amide bonds. The smallest absolute Gasteiger partial charge is 0.335 e. The first-order valence-electron chi connectivity index (χ1n) is 11.5. The summed E-state index contributed by atoms with van der Waals surface area (Å²) in [6, 6.07) is 17.1. The molecule has 0 bridgehead atoms. The second-order valence-electron chi connectivity index (χ2n) is 8.20. The van der Waals surface area contributed by atoms with Crippen LogP contribution in [0, 0.1) is 10.5 Å². The van der Waals surface area contributed by atoms with Gasteiger partial charge in [-0.1, -0.05) is 29.8 Å². The molecule has 190 valence electrons. The minimum atomic E-state index is -0.818. The summed E-state index contributed by atoms with van der Waals surface area (Å²) in [7, 11) is 1.52.